The van der Waals surface area contributed by atoms with Crippen LogP contribution in [0.4, 0.5) is 4.79 Å². The van der Waals surface area contributed by atoms with Gasteiger partial charge in [0.15, 0.2) is 5.50 Å². The molecule has 1 atom stereocenters. The smallest absolute Gasteiger partial charge is 0.331 e. The molecule has 0 fully saturated rings. The molecule has 0 aromatic heterocycles. The Labute approximate surface area is 62.4 Å². The van der Waals surface area contributed by atoms with Crippen LogP contribution < -0.4 is 16.9 Å². The first-order valence-corrected chi connectivity index (χ1v) is 3.56. The number of primary amides is 1. The number of hydrogen-bond acceptors (Lipinski definition) is 4. The first-order valence-electron chi connectivity index (χ1n) is 2.61. The van der Waals surface area contributed by atoms with E-state index in [1.165, 1.54) is 11.8 Å². The average Bonchev–Trinajstić information content (AvgIpc) is 2.36. The number of urea groups is 1. The zero-order chi connectivity index (χ0) is 7.56. The van der Waals surface area contributed by atoms with Crippen LogP contribution in [0.15, 0.2) is 11.6 Å². The molecule has 0 aromatic carbocycles. The van der Waals surface area contributed by atoms with Crippen LogP contribution in [-0.2, 0) is 0 Å². The maximum absolute atomic E-state index is 10.4. The van der Waals surface area contributed by atoms with Gasteiger partial charge in [0, 0.05) is 6.20 Å². The number of carbonyl (C=O) groups is 1. The number of hydrazine groups is 1. The van der Waals surface area contributed by atoms with Crippen molar-refractivity contribution >= 4 is 17.8 Å². The predicted octanol–water partition coefficient (Wildman–Crippen LogP) is -0.668. The minimum atomic E-state index is -0.645. The summed E-state index contributed by atoms with van der Waals surface area (Å²) in [5.41, 5.74) is 4.64. The molecule has 2 amide bonds. The van der Waals surface area contributed by atoms with Crippen LogP contribution in [-0.4, -0.2) is 16.5 Å². The lowest BCUT2D eigenvalue weighted by Gasteiger charge is -2.20. The number of nitrogens with two attached hydrogens (primary N) is 2. The van der Waals surface area contributed by atoms with E-state index in [0.29, 0.717) is 0 Å². The van der Waals surface area contributed by atoms with E-state index in [1.807, 2.05) is 0 Å². The minimum Gasteiger partial charge on any atom is -0.361 e. The summed E-state index contributed by atoms with van der Waals surface area (Å²) in [5.74, 6) is 5.26. The largest absolute Gasteiger partial charge is 0.361 e. The van der Waals surface area contributed by atoms with Crippen molar-refractivity contribution in [3.8, 4) is 0 Å². The maximum Gasteiger partial charge on any atom is 0.331 e. The lowest BCUT2D eigenvalue weighted by atomic mass is 10.8. The van der Waals surface area contributed by atoms with Gasteiger partial charge in [-0.25, -0.2) is 15.6 Å². The number of nitrogens with zero attached hydrogens (tertiary/aromatic N) is 1. The quantitative estimate of drug-likeness (QED) is 0.270. The topological polar surface area (TPSA) is 84.4 Å². The van der Waals surface area contributed by atoms with Gasteiger partial charge in [-0.3, -0.25) is 0 Å². The highest BCUT2D eigenvalue weighted by Gasteiger charge is 2.18. The molecule has 1 unspecified atom stereocenters. The fourth-order valence-corrected chi connectivity index (χ4v) is 1.23. The normalized spacial score (nSPS) is 22.3. The Hall–Kier alpha value is -0.880. The molecule has 1 aliphatic heterocycles. The molecule has 0 aliphatic carbocycles. The van der Waals surface area contributed by atoms with Gasteiger partial charge in [0.05, 0.1) is 0 Å². The molecule has 0 saturated carbocycles. The molecular formula is C4H8N4OS. The van der Waals surface area contributed by atoms with Gasteiger partial charge >= 0.3 is 6.03 Å². The average molecular weight is 160 g/mol. The van der Waals surface area contributed by atoms with Crippen molar-refractivity contribution in [1.29, 1.82) is 0 Å². The van der Waals surface area contributed by atoms with E-state index in [1.54, 1.807) is 11.6 Å². The molecule has 0 radical (unpaired) electrons. The molecule has 1 rings (SSSR count). The molecule has 56 valence electrons. The van der Waals surface area contributed by atoms with Crippen molar-refractivity contribution in [3.05, 3.63) is 11.6 Å². The van der Waals surface area contributed by atoms with Crippen molar-refractivity contribution < 1.29 is 4.79 Å². The van der Waals surface area contributed by atoms with Crippen LogP contribution in [0.2, 0.25) is 0 Å². The van der Waals surface area contributed by atoms with E-state index < -0.39 is 6.03 Å². The van der Waals surface area contributed by atoms with Gasteiger partial charge in [-0.05, 0) is 5.41 Å². The SMILES string of the molecule is NC(=O)N(N)C1NC=CS1. The first-order chi connectivity index (χ1) is 4.72. The molecule has 5 nitrogen and oxygen atoms in total. The third-order valence-corrected chi connectivity index (χ3v) is 1.94. The first kappa shape index (κ1) is 7.23. The lowest BCUT2D eigenvalue weighted by Crippen LogP contribution is -2.50. The van der Waals surface area contributed by atoms with Crippen molar-refractivity contribution in [2.75, 3.05) is 0 Å². The summed E-state index contributed by atoms with van der Waals surface area (Å²) in [4.78, 5) is 10.4. The standard InChI is InChI=1S/C4H8N4OS/c5-3(9)8(6)4-7-1-2-10-4/h1-2,4,7H,6H2,(H2,5,9). The van der Waals surface area contributed by atoms with E-state index in [4.69, 9.17) is 11.6 Å². The van der Waals surface area contributed by atoms with Crippen molar-refractivity contribution in [2.24, 2.45) is 11.6 Å². The summed E-state index contributed by atoms with van der Waals surface area (Å²) in [7, 11) is 0. The Morgan fingerprint density at radius 3 is 2.90 bits per heavy atom. The van der Waals surface area contributed by atoms with Crippen molar-refractivity contribution in [2.45, 2.75) is 5.50 Å². The molecule has 5 N–H and O–H groups in total. The minimum absolute atomic E-state index is 0.252. The fraction of sp³-hybridized carbons (Fsp3) is 0.250. The van der Waals surface area contributed by atoms with Crippen LogP contribution >= 0.6 is 11.8 Å². The van der Waals surface area contributed by atoms with Crippen LogP contribution in [0.5, 0.6) is 0 Å². The maximum atomic E-state index is 10.4. The zero-order valence-electron chi connectivity index (χ0n) is 5.15. The Bertz CT molecular complexity index is 163. The molecule has 0 aromatic rings. The number of nitrogens with one attached hydrogen (secondary N) is 1. The van der Waals surface area contributed by atoms with Crippen LogP contribution in [0.1, 0.15) is 0 Å². The number of rotatable bonds is 1. The van der Waals surface area contributed by atoms with Gasteiger partial charge < -0.3 is 11.1 Å². The predicted molar refractivity (Wildman–Crippen MR) is 39.3 cm³/mol. The Morgan fingerprint density at radius 2 is 2.50 bits per heavy atom. The highest BCUT2D eigenvalue weighted by molar-refractivity contribution is 8.02. The molecular weight excluding hydrogens is 152 g/mol. The molecule has 1 heterocycles. The number of thioether (sulfide) groups is 1. The molecule has 0 saturated heterocycles. The zero-order valence-corrected chi connectivity index (χ0v) is 5.97. The van der Waals surface area contributed by atoms with Gasteiger partial charge in [-0.15, -0.1) is 0 Å². The molecule has 0 spiro atoms. The van der Waals surface area contributed by atoms with Crippen LogP contribution in [0.3, 0.4) is 0 Å². The van der Waals surface area contributed by atoms with Gasteiger partial charge in [-0.1, -0.05) is 11.8 Å². The third kappa shape index (κ3) is 1.34. The Kier molecular flexibility index (Phi) is 2.03. The summed E-state index contributed by atoms with van der Waals surface area (Å²) < 4.78 is 0. The van der Waals surface area contributed by atoms with Crippen LogP contribution in [0.25, 0.3) is 0 Å². The van der Waals surface area contributed by atoms with Crippen molar-refractivity contribution in [1.82, 2.24) is 10.3 Å². The van der Waals surface area contributed by atoms with E-state index >= 15 is 0 Å². The van der Waals surface area contributed by atoms with Crippen molar-refractivity contribution in [3.63, 3.8) is 0 Å². The third-order valence-electron chi connectivity index (χ3n) is 1.02. The summed E-state index contributed by atoms with van der Waals surface area (Å²) in [5, 5.41) is 5.55. The molecule has 0 bridgehead atoms. The highest BCUT2D eigenvalue weighted by atomic mass is 32.2. The number of amides is 2. The van der Waals surface area contributed by atoms with Gasteiger partial charge in [-0.2, -0.15) is 0 Å². The van der Waals surface area contributed by atoms with Gasteiger partial charge in [0.2, 0.25) is 0 Å². The summed E-state index contributed by atoms with van der Waals surface area (Å²) in [6.45, 7) is 0. The van der Waals surface area contributed by atoms with Gasteiger partial charge in [0.25, 0.3) is 0 Å². The van der Waals surface area contributed by atoms with Crippen LogP contribution in [0, 0.1) is 0 Å². The summed E-state index contributed by atoms with van der Waals surface area (Å²) in [6, 6.07) is -0.645. The van der Waals surface area contributed by atoms with E-state index in [0.717, 1.165) is 5.01 Å². The van der Waals surface area contributed by atoms with Gasteiger partial charge in [0.1, 0.15) is 0 Å². The van der Waals surface area contributed by atoms with E-state index in [-0.39, 0.29) is 5.50 Å². The number of carbonyl (C=O) groups excluding carboxylic acids is 1. The van der Waals surface area contributed by atoms with E-state index in [9.17, 15) is 4.79 Å². The summed E-state index contributed by atoms with van der Waals surface area (Å²) >= 11 is 1.39. The number of hydrogen-bond donors (Lipinski definition) is 3. The Morgan fingerprint density at radius 1 is 1.80 bits per heavy atom. The lowest BCUT2D eigenvalue weighted by molar-refractivity contribution is 0.201. The second-order valence-corrected chi connectivity index (χ2v) is 2.69. The highest BCUT2D eigenvalue weighted by Crippen LogP contribution is 2.16. The second kappa shape index (κ2) is 2.80. The monoisotopic (exact) mass is 160 g/mol. The van der Waals surface area contributed by atoms with E-state index in [2.05, 4.69) is 5.32 Å². The molecule has 1 aliphatic rings. The fourth-order valence-electron chi connectivity index (χ4n) is 0.536. The Balaban J connectivity index is 2.42. The molecule has 10 heavy (non-hydrogen) atoms. The molecule has 6 heteroatoms. The second-order valence-electron chi connectivity index (χ2n) is 1.70. The summed E-state index contributed by atoms with van der Waals surface area (Å²) in [6.07, 6.45) is 1.71.